The van der Waals surface area contributed by atoms with E-state index in [0.717, 1.165) is 33.8 Å². The normalized spacial score (nSPS) is 11.7. The molecule has 6 rings (SSSR count). The van der Waals surface area contributed by atoms with E-state index in [9.17, 15) is 0 Å². The van der Waals surface area contributed by atoms with Gasteiger partial charge < -0.3 is 9.88 Å². The molecule has 0 fully saturated rings. The van der Waals surface area contributed by atoms with Crippen molar-refractivity contribution in [3.8, 4) is 11.4 Å². The summed E-state index contributed by atoms with van der Waals surface area (Å²) in [6.07, 6.45) is 5.54. The first-order valence-electron chi connectivity index (χ1n) is 12.4. The average Bonchev–Trinajstić information content (AvgIpc) is 3.51. The Balaban J connectivity index is 1.49. The molecule has 178 valence electrons. The lowest BCUT2D eigenvalue weighted by atomic mass is 10.1. The van der Waals surface area contributed by atoms with Crippen molar-refractivity contribution in [1.82, 2.24) is 15.0 Å². The summed E-state index contributed by atoms with van der Waals surface area (Å²) in [6.45, 7) is 0. The fourth-order valence-electron chi connectivity index (χ4n) is 4.81. The maximum absolute atomic E-state index is 4.80. The topological polar surface area (TPSA) is 44.8 Å². The van der Waals surface area contributed by atoms with E-state index < -0.39 is 8.80 Å². The number of anilines is 3. The molecule has 0 aliphatic rings. The molecule has 0 amide bonds. The first kappa shape index (κ1) is 22.7. The summed E-state index contributed by atoms with van der Waals surface area (Å²) in [7, 11) is -1.77. The zero-order valence-corrected chi connectivity index (χ0v) is 21.4. The molecule has 4 nitrogen and oxygen atoms in total. The number of hydrogen-bond acceptors (Lipinski definition) is 3. The van der Waals surface area contributed by atoms with Gasteiger partial charge in [-0.2, -0.15) is 0 Å². The van der Waals surface area contributed by atoms with Gasteiger partial charge in [0.25, 0.3) is 0 Å². The van der Waals surface area contributed by atoms with Crippen molar-refractivity contribution < 1.29 is 0 Å². The van der Waals surface area contributed by atoms with E-state index in [0.29, 0.717) is 0 Å². The number of imidazole rings is 1. The molecule has 37 heavy (non-hydrogen) atoms. The van der Waals surface area contributed by atoms with Crippen molar-refractivity contribution in [2.24, 2.45) is 0 Å². The zero-order chi connectivity index (χ0) is 24.9. The molecule has 6 aromatic rings. The molecular formula is C32H26N4Si. The van der Waals surface area contributed by atoms with Crippen molar-refractivity contribution >= 4 is 41.5 Å². The average molecular weight is 495 g/mol. The number of pyridine rings is 1. The summed E-state index contributed by atoms with van der Waals surface area (Å²) >= 11 is 0. The van der Waals surface area contributed by atoms with Gasteiger partial charge >= 0.3 is 0 Å². The maximum Gasteiger partial charge on any atom is 0.155 e. The van der Waals surface area contributed by atoms with E-state index in [-0.39, 0.29) is 0 Å². The second kappa shape index (κ2) is 10.5. The molecule has 0 bridgehead atoms. The Morgan fingerprint density at radius 2 is 1.22 bits per heavy atom. The number of aromatic nitrogens is 3. The Bertz CT molecular complexity index is 1530. The van der Waals surface area contributed by atoms with Crippen molar-refractivity contribution in [1.29, 1.82) is 0 Å². The van der Waals surface area contributed by atoms with E-state index >= 15 is 0 Å². The largest absolute Gasteiger partial charge is 0.345 e. The van der Waals surface area contributed by atoms with Crippen LogP contribution >= 0.6 is 0 Å². The summed E-state index contributed by atoms with van der Waals surface area (Å²) < 4.78 is 0. The van der Waals surface area contributed by atoms with Crippen LogP contribution in [0, 0.1) is 0 Å². The van der Waals surface area contributed by atoms with Gasteiger partial charge in [-0.25, -0.2) is 4.98 Å². The van der Waals surface area contributed by atoms with Crippen molar-refractivity contribution in [2.45, 2.75) is 0 Å². The van der Waals surface area contributed by atoms with Crippen LogP contribution in [0.25, 0.3) is 11.4 Å². The fourth-order valence-corrected chi connectivity index (χ4v) is 7.66. The number of aromatic amines is 1. The van der Waals surface area contributed by atoms with E-state index in [1.807, 2.05) is 18.5 Å². The molecule has 1 unspecified atom stereocenters. The van der Waals surface area contributed by atoms with Crippen LogP contribution in [-0.2, 0) is 0 Å². The molecular weight excluding hydrogens is 468 g/mol. The highest BCUT2D eigenvalue weighted by molar-refractivity contribution is 6.95. The van der Waals surface area contributed by atoms with Crippen LogP contribution in [0.2, 0.25) is 0 Å². The highest BCUT2D eigenvalue weighted by Gasteiger charge is 2.22. The van der Waals surface area contributed by atoms with E-state index in [4.69, 9.17) is 4.98 Å². The van der Waals surface area contributed by atoms with Crippen LogP contribution in [0.1, 0.15) is 0 Å². The highest BCUT2D eigenvalue weighted by Crippen LogP contribution is 2.35. The summed E-state index contributed by atoms with van der Waals surface area (Å²) in [4.78, 5) is 14.8. The van der Waals surface area contributed by atoms with Crippen molar-refractivity contribution in [3.05, 3.63) is 146 Å². The Morgan fingerprint density at radius 3 is 1.95 bits per heavy atom. The third-order valence-corrected chi connectivity index (χ3v) is 9.48. The molecule has 0 aliphatic carbocycles. The Hall–Kier alpha value is -4.74. The monoisotopic (exact) mass is 494 g/mol. The van der Waals surface area contributed by atoms with Gasteiger partial charge in [-0.05, 0) is 53.7 Å². The van der Waals surface area contributed by atoms with Crippen LogP contribution in [0.5, 0.6) is 0 Å². The van der Waals surface area contributed by atoms with Gasteiger partial charge in [0, 0.05) is 46.5 Å². The maximum atomic E-state index is 4.80. The minimum Gasteiger partial charge on any atom is -0.345 e. The van der Waals surface area contributed by atoms with E-state index in [2.05, 4.69) is 136 Å². The van der Waals surface area contributed by atoms with Gasteiger partial charge in [-0.1, -0.05) is 84.0 Å². The smallest absolute Gasteiger partial charge is 0.155 e. The summed E-state index contributed by atoms with van der Waals surface area (Å²) in [5.74, 6) is 0.857. The summed E-state index contributed by atoms with van der Waals surface area (Å²) in [6, 6.07) is 45.0. The predicted octanol–water partition coefficient (Wildman–Crippen LogP) is 5.19. The molecule has 0 spiro atoms. The minimum absolute atomic E-state index is 0.857. The number of benzene rings is 4. The second-order valence-electron chi connectivity index (χ2n) is 8.85. The number of hydrogen-bond donors (Lipinski definition) is 1. The molecule has 0 saturated carbocycles. The SMILES string of the molecule is c1ccc(N(c2cccc(-c3ncc[nH]3)c2)c2cccc([SiH](c3ccccc3)c3ccccn3)c2)cc1. The van der Waals surface area contributed by atoms with Gasteiger partial charge in [0.05, 0.1) is 0 Å². The first-order valence-corrected chi connectivity index (χ1v) is 14.1. The lowest BCUT2D eigenvalue weighted by molar-refractivity contribution is 1.27. The first-order chi connectivity index (χ1) is 18.4. The number of nitrogens with zero attached hydrogens (tertiary/aromatic N) is 3. The number of H-pyrrole nitrogens is 1. The highest BCUT2D eigenvalue weighted by atomic mass is 28.3. The van der Waals surface area contributed by atoms with Crippen LogP contribution in [-0.4, -0.2) is 23.7 Å². The van der Waals surface area contributed by atoms with Gasteiger partial charge in [-0.3, -0.25) is 4.98 Å². The second-order valence-corrected chi connectivity index (χ2v) is 11.6. The molecule has 5 heteroatoms. The molecule has 1 atom stereocenters. The standard InChI is InChI=1S/C32H26N4Si/c1-3-12-26(13-4-1)36(27-14-9-11-25(23-27)32-34-21-22-35-32)28-15-10-18-30(24-28)37(29-16-5-2-6-17-29)31-19-7-8-20-33-31/h1-24,37H,(H,34,35). The molecule has 2 heterocycles. The van der Waals surface area contributed by atoms with E-state index in [1.165, 1.54) is 10.4 Å². The van der Waals surface area contributed by atoms with Gasteiger partial charge in [0.1, 0.15) is 5.82 Å². The molecule has 0 aliphatic heterocycles. The van der Waals surface area contributed by atoms with E-state index in [1.54, 1.807) is 6.20 Å². The number of rotatable bonds is 7. The van der Waals surface area contributed by atoms with Crippen molar-refractivity contribution in [3.63, 3.8) is 0 Å². The summed E-state index contributed by atoms with van der Waals surface area (Å²) in [5.41, 5.74) is 4.34. The Kier molecular flexibility index (Phi) is 6.43. The molecule has 0 radical (unpaired) electrons. The van der Waals surface area contributed by atoms with Gasteiger partial charge in [-0.15, -0.1) is 0 Å². The summed E-state index contributed by atoms with van der Waals surface area (Å²) in [5, 5.41) is 3.84. The van der Waals surface area contributed by atoms with Crippen molar-refractivity contribution in [2.75, 3.05) is 4.90 Å². The molecule has 1 N–H and O–H groups in total. The quantitative estimate of drug-likeness (QED) is 0.311. The lowest BCUT2D eigenvalue weighted by Crippen LogP contribution is -2.53. The Labute approximate surface area is 218 Å². The lowest BCUT2D eigenvalue weighted by Gasteiger charge is -2.27. The number of para-hydroxylation sites is 1. The minimum atomic E-state index is -1.77. The van der Waals surface area contributed by atoms with Crippen LogP contribution in [0.15, 0.2) is 146 Å². The van der Waals surface area contributed by atoms with Crippen LogP contribution in [0.3, 0.4) is 0 Å². The van der Waals surface area contributed by atoms with Gasteiger partial charge in [0.2, 0.25) is 0 Å². The molecule has 0 saturated heterocycles. The van der Waals surface area contributed by atoms with Crippen LogP contribution < -0.4 is 20.6 Å². The molecule has 4 aromatic carbocycles. The third kappa shape index (κ3) is 4.85. The predicted molar refractivity (Wildman–Crippen MR) is 155 cm³/mol. The van der Waals surface area contributed by atoms with Gasteiger partial charge in [0.15, 0.2) is 8.80 Å². The third-order valence-electron chi connectivity index (χ3n) is 6.47. The Morgan fingerprint density at radius 1 is 0.541 bits per heavy atom. The van der Waals surface area contributed by atoms with Crippen LogP contribution in [0.4, 0.5) is 17.1 Å². The molecule has 2 aromatic heterocycles. The fraction of sp³-hybridized carbons (Fsp3) is 0. The number of nitrogens with one attached hydrogen (secondary N) is 1. The zero-order valence-electron chi connectivity index (χ0n) is 20.3.